The van der Waals surface area contributed by atoms with Crippen LogP contribution in [-0.2, 0) is 0 Å². The fraction of sp³-hybridized carbons (Fsp3) is 0. The molecule has 0 fully saturated rings. The summed E-state index contributed by atoms with van der Waals surface area (Å²) in [5.74, 6) is 0. The van der Waals surface area contributed by atoms with Crippen molar-refractivity contribution in [3.63, 3.8) is 0 Å². The third kappa shape index (κ3) is 2.01. The molecule has 1 heterocycles. The van der Waals surface area contributed by atoms with Crippen LogP contribution in [0.2, 0.25) is 10.0 Å². The number of nitriles is 1. The molecule has 3 aromatic rings. The highest BCUT2D eigenvalue weighted by molar-refractivity contribution is 7.71. The molecule has 2 aromatic carbocycles. The maximum absolute atomic E-state index is 9.26. The Morgan fingerprint density at radius 2 is 2.00 bits per heavy atom. The van der Waals surface area contributed by atoms with Crippen molar-refractivity contribution in [3.8, 4) is 11.8 Å². The van der Waals surface area contributed by atoms with Crippen LogP contribution in [0.1, 0.15) is 5.56 Å². The van der Waals surface area contributed by atoms with Gasteiger partial charge in [0.2, 0.25) is 0 Å². The average molecular weight is 320 g/mol. The van der Waals surface area contributed by atoms with Crippen LogP contribution in [0.15, 0.2) is 36.4 Å². The Kier molecular flexibility index (Phi) is 3.27. The first-order chi connectivity index (χ1) is 9.61. The van der Waals surface area contributed by atoms with E-state index >= 15 is 0 Å². The third-order valence-electron chi connectivity index (χ3n) is 2.98. The van der Waals surface area contributed by atoms with Crippen LogP contribution in [0.5, 0.6) is 0 Å². The lowest BCUT2D eigenvalue weighted by molar-refractivity contribution is 1.06. The molecule has 0 spiro atoms. The van der Waals surface area contributed by atoms with Crippen molar-refractivity contribution >= 4 is 46.5 Å². The second-order valence-electron chi connectivity index (χ2n) is 4.17. The number of benzene rings is 2. The highest BCUT2D eigenvalue weighted by Gasteiger charge is 2.13. The Balaban J connectivity index is 2.48. The molecule has 1 aromatic heterocycles. The Labute approximate surface area is 130 Å². The summed E-state index contributed by atoms with van der Waals surface area (Å²) in [6.45, 7) is 0. The third-order valence-corrected chi connectivity index (χ3v) is 3.80. The van der Waals surface area contributed by atoms with Crippen molar-refractivity contribution < 1.29 is 0 Å². The van der Waals surface area contributed by atoms with E-state index in [1.165, 1.54) is 0 Å². The second kappa shape index (κ2) is 4.95. The molecule has 0 bridgehead atoms. The van der Waals surface area contributed by atoms with Gasteiger partial charge in [-0.1, -0.05) is 29.3 Å². The predicted octanol–water partition coefficient (Wildman–Crippen LogP) is 4.87. The Bertz CT molecular complexity index is 918. The fourth-order valence-corrected chi connectivity index (χ4v) is 2.86. The van der Waals surface area contributed by atoms with Crippen LogP contribution in [0.4, 0.5) is 0 Å². The van der Waals surface area contributed by atoms with E-state index in [0.717, 1.165) is 11.0 Å². The summed E-state index contributed by atoms with van der Waals surface area (Å²) in [5, 5.41) is 10.3. The van der Waals surface area contributed by atoms with Crippen molar-refractivity contribution in [1.82, 2.24) is 9.55 Å². The summed E-state index contributed by atoms with van der Waals surface area (Å²) in [5.41, 5.74) is 2.64. The van der Waals surface area contributed by atoms with Crippen LogP contribution < -0.4 is 0 Å². The monoisotopic (exact) mass is 319 g/mol. The molecule has 0 unspecified atom stereocenters. The molecule has 0 aliphatic rings. The molecule has 3 nitrogen and oxygen atoms in total. The van der Waals surface area contributed by atoms with Crippen LogP contribution >= 0.6 is 35.4 Å². The number of aromatic amines is 1. The Hall–Kier alpha value is -1.80. The van der Waals surface area contributed by atoms with Crippen LogP contribution in [0.3, 0.4) is 0 Å². The lowest BCUT2D eigenvalue weighted by Crippen LogP contribution is -1.98. The normalized spacial score (nSPS) is 10.7. The predicted molar refractivity (Wildman–Crippen MR) is 83.2 cm³/mol. The lowest BCUT2D eigenvalue weighted by atomic mass is 10.2. The standard InChI is InChI=1S/C14H7Cl2N3S/c15-9-5-4-8(7-17)12(6-9)19-13-10(16)2-1-3-11(13)18-14(19)20/h1-6H,(H,18,20). The highest BCUT2D eigenvalue weighted by atomic mass is 35.5. The van der Waals surface area contributed by atoms with Crippen molar-refractivity contribution in [2.45, 2.75) is 0 Å². The quantitative estimate of drug-likeness (QED) is 0.650. The molecule has 0 saturated carbocycles. The number of nitrogens with one attached hydrogen (secondary N) is 1. The molecule has 3 rings (SSSR count). The first kappa shape index (κ1) is 13.2. The number of imidazole rings is 1. The van der Waals surface area contributed by atoms with Gasteiger partial charge in [0.25, 0.3) is 0 Å². The minimum Gasteiger partial charge on any atom is -0.330 e. The zero-order valence-corrected chi connectivity index (χ0v) is 12.4. The van der Waals surface area contributed by atoms with E-state index in [0.29, 0.717) is 26.1 Å². The Morgan fingerprint density at radius 1 is 1.20 bits per heavy atom. The van der Waals surface area contributed by atoms with Crippen molar-refractivity contribution in [2.75, 3.05) is 0 Å². The van der Waals surface area contributed by atoms with E-state index in [-0.39, 0.29) is 0 Å². The topological polar surface area (TPSA) is 44.5 Å². The number of hydrogen-bond donors (Lipinski definition) is 1. The highest BCUT2D eigenvalue weighted by Crippen LogP contribution is 2.29. The van der Waals surface area contributed by atoms with Gasteiger partial charge in [-0.25, -0.2) is 0 Å². The number of hydrogen-bond acceptors (Lipinski definition) is 2. The number of H-pyrrole nitrogens is 1. The summed E-state index contributed by atoms with van der Waals surface area (Å²) >= 11 is 17.6. The van der Waals surface area contributed by atoms with E-state index < -0.39 is 0 Å². The molecule has 0 aliphatic heterocycles. The average Bonchev–Trinajstić information content (AvgIpc) is 2.76. The molecular weight excluding hydrogens is 313 g/mol. The van der Waals surface area contributed by atoms with E-state index in [2.05, 4.69) is 11.1 Å². The van der Waals surface area contributed by atoms with Crippen LogP contribution in [-0.4, -0.2) is 9.55 Å². The van der Waals surface area contributed by atoms with E-state index in [4.69, 9.17) is 35.4 Å². The molecule has 0 aliphatic carbocycles. The molecule has 20 heavy (non-hydrogen) atoms. The van der Waals surface area contributed by atoms with Gasteiger partial charge in [0.05, 0.1) is 27.3 Å². The van der Waals surface area contributed by atoms with Gasteiger partial charge in [-0.3, -0.25) is 4.57 Å². The number of para-hydroxylation sites is 1. The molecule has 98 valence electrons. The summed E-state index contributed by atoms with van der Waals surface area (Å²) < 4.78 is 2.20. The van der Waals surface area contributed by atoms with Gasteiger partial charge < -0.3 is 4.98 Å². The van der Waals surface area contributed by atoms with Crippen molar-refractivity contribution in [2.24, 2.45) is 0 Å². The maximum Gasteiger partial charge on any atom is 0.182 e. The number of halogens is 2. The number of aromatic nitrogens is 2. The van der Waals surface area contributed by atoms with Gasteiger partial charge in [-0.05, 0) is 42.5 Å². The number of nitrogens with zero attached hydrogens (tertiary/aromatic N) is 2. The van der Waals surface area contributed by atoms with E-state index in [9.17, 15) is 5.26 Å². The largest absolute Gasteiger partial charge is 0.330 e. The minimum atomic E-state index is 0.465. The molecule has 0 saturated heterocycles. The second-order valence-corrected chi connectivity index (χ2v) is 5.41. The van der Waals surface area contributed by atoms with Crippen molar-refractivity contribution in [3.05, 3.63) is 56.8 Å². The van der Waals surface area contributed by atoms with E-state index in [1.54, 1.807) is 28.8 Å². The van der Waals surface area contributed by atoms with Crippen LogP contribution in [0.25, 0.3) is 16.7 Å². The zero-order valence-electron chi connectivity index (χ0n) is 10.0. The number of rotatable bonds is 1. The number of fused-ring (bicyclic) bond motifs is 1. The fourth-order valence-electron chi connectivity index (χ4n) is 2.13. The molecular formula is C14H7Cl2N3S. The Morgan fingerprint density at radius 3 is 2.75 bits per heavy atom. The van der Waals surface area contributed by atoms with Gasteiger partial charge in [0, 0.05) is 5.02 Å². The van der Waals surface area contributed by atoms with Gasteiger partial charge in [0.1, 0.15) is 6.07 Å². The van der Waals surface area contributed by atoms with Crippen molar-refractivity contribution in [1.29, 1.82) is 5.26 Å². The summed E-state index contributed by atoms with van der Waals surface area (Å²) in [7, 11) is 0. The zero-order chi connectivity index (χ0) is 14.3. The minimum absolute atomic E-state index is 0.465. The molecule has 0 atom stereocenters. The van der Waals surface area contributed by atoms with Gasteiger partial charge in [0.15, 0.2) is 4.77 Å². The molecule has 6 heteroatoms. The van der Waals surface area contributed by atoms with Gasteiger partial charge >= 0.3 is 0 Å². The molecule has 0 amide bonds. The molecule has 1 N–H and O–H groups in total. The molecule has 0 radical (unpaired) electrons. The lowest BCUT2D eigenvalue weighted by Gasteiger charge is -2.08. The van der Waals surface area contributed by atoms with E-state index in [1.807, 2.05) is 12.1 Å². The summed E-state index contributed by atoms with van der Waals surface area (Å²) in [6, 6.07) is 12.7. The summed E-state index contributed by atoms with van der Waals surface area (Å²) in [6.07, 6.45) is 0. The first-order valence-electron chi connectivity index (χ1n) is 5.71. The first-order valence-corrected chi connectivity index (χ1v) is 6.87. The van der Waals surface area contributed by atoms with Gasteiger partial charge in [-0.2, -0.15) is 5.26 Å². The summed E-state index contributed by atoms with van der Waals surface area (Å²) in [4.78, 5) is 3.08. The SMILES string of the molecule is N#Cc1ccc(Cl)cc1-n1c(=S)[nH]c2cccc(Cl)c21. The van der Waals surface area contributed by atoms with Gasteiger partial charge in [-0.15, -0.1) is 0 Å². The smallest absolute Gasteiger partial charge is 0.182 e. The maximum atomic E-state index is 9.26. The van der Waals surface area contributed by atoms with Crippen LogP contribution in [0, 0.1) is 16.1 Å².